The Balaban J connectivity index is 0.00000441. The molecule has 0 aliphatic heterocycles. The molecule has 0 saturated carbocycles. The van der Waals surface area contributed by atoms with Gasteiger partial charge in [0, 0.05) is 13.1 Å². The fraction of sp³-hybridized carbons (Fsp3) is 0.562. The van der Waals surface area contributed by atoms with Crippen molar-refractivity contribution in [3.63, 3.8) is 0 Å². The summed E-state index contributed by atoms with van der Waals surface area (Å²) in [5.74, 6) is -0.217. The standard InChI is InChI=1S/C16H26N2O3.ClH/c1-4-11-21-15-8-7-13(16(19)20)12-14(15)17-9-10-18(5-2)6-3;/h7-8,12,17H,4-6,9-11H2,1-3H3,(H,19,20);1H. The number of likely N-dealkylation sites (N-methyl/N-ethyl adjacent to an activating group) is 1. The SMILES string of the molecule is CCCOc1ccc(C(=O)O)cc1NCCN(CC)CC.Cl. The Morgan fingerprint density at radius 3 is 2.50 bits per heavy atom. The van der Waals surface area contributed by atoms with Gasteiger partial charge in [-0.1, -0.05) is 20.8 Å². The lowest BCUT2D eigenvalue weighted by Crippen LogP contribution is -2.28. The lowest BCUT2D eigenvalue weighted by atomic mass is 10.2. The number of carboxylic acid groups (broad SMARTS) is 1. The summed E-state index contributed by atoms with van der Waals surface area (Å²) >= 11 is 0. The molecule has 1 aromatic rings. The van der Waals surface area contributed by atoms with Crippen LogP contribution in [0.1, 0.15) is 37.6 Å². The van der Waals surface area contributed by atoms with Crippen LogP contribution in [0.5, 0.6) is 5.75 Å². The Labute approximate surface area is 139 Å². The van der Waals surface area contributed by atoms with Gasteiger partial charge in [0.25, 0.3) is 0 Å². The van der Waals surface area contributed by atoms with Gasteiger partial charge in [-0.25, -0.2) is 4.79 Å². The Morgan fingerprint density at radius 2 is 1.95 bits per heavy atom. The summed E-state index contributed by atoms with van der Waals surface area (Å²) in [4.78, 5) is 13.4. The smallest absolute Gasteiger partial charge is 0.335 e. The summed E-state index contributed by atoms with van der Waals surface area (Å²) in [6.07, 6.45) is 0.916. The zero-order valence-electron chi connectivity index (χ0n) is 13.6. The van der Waals surface area contributed by atoms with Crippen molar-refractivity contribution in [3.8, 4) is 5.75 Å². The highest BCUT2D eigenvalue weighted by Crippen LogP contribution is 2.26. The normalized spacial score (nSPS) is 10.2. The van der Waals surface area contributed by atoms with E-state index in [9.17, 15) is 4.79 Å². The average Bonchev–Trinajstić information content (AvgIpc) is 2.50. The van der Waals surface area contributed by atoms with Crippen LogP contribution in [0.25, 0.3) is 0 Å². The van der Waals surface area contributed by atoms with Crippen LogP contribution in [-0.2, 0) is 0 Å². The van der Waals surface area contributed by atoms with Crippen molar-refractivity contribution in [2.24, 2.45) is 0 Å². The Hall–Kier alpha value is -1.46. The molecule has 0 amide bonds. The maximum absolute atomic E-state index is 11.1. The van der Waals surface area contributed by atoms with E-state index in [2.05, 4.69) is 24.1 Å². The average molecular weight is 331 g/mol. The minimum atomic E-state index is -0.927. The molecule has 0 bridgehead atoms. The van der Waals surface area contributed by atoms with Crippen molar-refractivity contribution in [2.75, 3.05) is 38.1 Å². The minimum absolute atomic E-state index is 0. The first kappa shape index (κ1) is 20.5. The molecular weight excluding hydrogens is 304 g/mol. The number of hydrogen-bond donors (Lipinski definition) is 2. The molecule has 0 aromatic heterocycles. The molecule has 6 heteroatoms. The van der Waals surface area contributed by atoms with Crippen LogP contribution in [0.4, 0.5) is 5.69 Å². The Bertz CT molecular complexity index is 451. The van der Waals surface area contributed by atoms with Crippen molar-refractivity contribution < 1.29 is 14.6 Å². The highest BCUT2D eigenvalue weighted by Gasteiger charge is 2.09. The van der Waals surface area contributed by atoms with Gasteiger partial charge in [0.15, 0.2) is 0 Å². The molecular formula is C16H27ClN2O3. The number of nitrogens with one attached hydrogen (secondary N) is 1. The number of ether oxygens (including phenoxy) is 1. The predicted molar refractivity (Wildman–Crippen MR) is 92.7 cm³/mol. The van der Waals surface area contributed by atoms with E-state index in [0.29, 0.717) is 12.4 Å². The van der Waals surface area contributed by atoms with Gasteiger partial charge in [-0.05, 0) is 37.7 Å². The van der Waals surface area contributed by atoms with Crippen LogP contribution in [-0.4, -0.2) is 48.8 Å². The quantitative estimate of drug-likeness (QED) is 0.689. The number of benzene rings is 1. The molecule has 0 radical (unpaired) electrons. The van der Waals surface area contributed by atoms with E-state index in [0.717, 1.165) is 38.3 Å². The number of nitrogens with zero attached hydrogens (tertiary/aromatic N) is 1. The van der Waals surface area contributed by atoms with E-state index < -0.39 is 5.97 Å². The molecule has 5 nitrogen and oxygen atoms in total. The maximum atomic E-state index is 11.1. The maximum Gasteiger partial charge on any atom is 0.335 e. The topological polar surface area (TPSA) is 61.8 Å². The lowest BCUT2D eigenvalue weighted by Gasteiger charge is -2.19. The summed E-state index contributed by atoms with van der Waals surface area (Å²) in [6, 6.07) is 4.93. The van der Waals surface area contributed by atoms with E-state index in [1.807, 2.05) is 6.92 Å². The van der Waals surface area contributed by atoms with E-state index in [-0.39, 0.29) is 18.0 Å². The molecule has 0 heterocycles. The molecule has 0 aliphatic carbocycles. The van der Waals surface area contributed by atoms with Gasteiger partial charge in [0.1, 0.15) is 5.75 Å². The van der Waals surface area contributed by atoms with Crippen LogP contribution in [0.3, 0.4) is 0 Å². The van der Waals surface area contributed by atoms with Crippen LogP contribution in [0, 0.1) is 0 Å². The minimum Gasteiger partial charge on any atom is -0.491 e. The van der Waals surface area contributed by atoms with Crippen LogP contribution in [0.2, 0.25) is 0 Å². The largest absolute Gasteiger partial charge is 0.491 e. The fourth-order valence-corrected chi connectivity index (χ4v) is 2.03. The zero-order chi connectivity index (χ0) is 15.7. The monoisotopic (exact) mass is 330 g/mol. The van der Waals surface area contributed by atoms with Gasteiger partial charge in [-0.2, -0.15) is 0 Å². The molecule has 2 N–H and O–H groups in total. The molecule has 0 atom stereocenters. The molecule has 126 valence electrons. The van der Waals surface area contributed by atoms with Gasteiger partial charge in [0.05, 0.1) is 17.9 Å². The zero-order valence-corrected chi connectivity index (χ0v) is 14.4. The third-order valence-electron chi connectivity index (χ3n) is 3.33. The highest BCUT2D eigenvalue weighted by molar-refractivity contribution is 5.89. The fourth-order valence-electron chi connectivity index (χ4n) is 2.03. The number of carbonyl (C=O) groups is 1. The second-order valence-corrected chi connectivity index (χ2v) is 4.82. The number of aromatic carboxylic acids is 1. The molecule has 1 aromatic carbocycles. The first-order valence-electron chi connectivity index (χ1n) is 7.58. The van der Waals surface area contributed by atoms with Gasteiger partial charge in [-0.3, -0.25) is 0 Å². The summed E-state index contributed by atoms with van der Waals surface area (Å²) in [6.45, 7) is 10.6. The van der Waals surface area contributed by atoms with Crippen molar-refractivity contribution in [1.29, 1.82) is 0 Å². The highest BCUT2D eigenvalue weighted by atomic mass is 35.5. The van der Waals surface area contributed by atoms with Crippen molar-refractivity contribution in [1.82, 2.24) is 4.90 Å². The van der Waals surface area contributed by atoms with Gasteiger partial charge < -0.3 is 20.1 Å². The van der Waals surface area contributed by atoms with Gasteiger partial charge >= 0.3 is 5.97 Å². The lowest BCUT2D eigenvalue weighted by molar-refractivity contribution is 0.0697. The number of rotatable bonds is 10. The first-order chi connectivity index (χ1) is 10.1. The molecule has 0 aliphatic rings. The Morgan fingerprint density at radius 1 is 1.27 bits per heavy atom. The van der Waals surface area contributed by atoms with E-state index in [4.69, 9.17) is 9.84 Å². The van der Waals surface area contributed by atoms with Gasteiger partial charge in [0.2, 0.25) is 0 Å². The second-order valence-electron chi connectivity index (χ2n) is 4.82. The number of hydrogen-bond acceptors (Lipinski definition) is 4. The number of anilines is 1. The van der Waals surface area contributed by atoms with E-state index >= 15 is 0 Å². The molecule has 0 spiro atoms. The summed E-state index contributed by atoms with van der Waals surface area (Å²) in [5, 5.41) is 12.4. The molecule has 22 heavy (non-hydrogen) atoms. The van der Waals surface area contributed by atoms with Crippen molar-refractivity contribution in [3.05, 3.63) is 23.8 Å². The van der Waals surface area contributed by atoms with Crippen LogP contribution < -0.4 is 10.1 Å². The third-order valence-corrected chi connectivity index (χ3v) is 3.33. The Kier molecular flexibility index (Phi) is 10.4. The summed E-state index contributed by atoms with van der Waals surface area (Å²) in [7, 11) is 0. The number of halogens is 1. The molecule has 0 fully saturated rings. The second kappa shape index (κ2) is 11.2. The summed E-state index contributed by atoms with van der Waals surface area (Å²) in [5.41, 5.74) is 1.01. The van der Waals surface area contributed by atoms with Crippen LogP contribution in [0.15, 0.2) is 18.2 Å². The number of carboxylic acids is 1. The van der Waals surface area contributed by atoms with Crippen molar-refractivity contribution >= 4 is 24.1 Å². The molecule has 0 saturated heterocycles. The third kappa shape index (κ3) is 6.54. The molecule has 1 rings (SSSR count). The predicted octanol–water partition coefficient (Wildman–Crippen LogP) is 3.35. The van der Waals surface area contributed by atoms with Gasteiger partial charge in [-0.15, -0.1) is 12.4 Å². The van der Waals surface area contributed by atoms with Crippen molar-refractivity contribution in [2.45, 2.75) is 27.2 Å². The first-order valence-corrected chi connectivity index (χ1v) is 7.58. The molecule has 0 unspecified atom stereocenters. The van der Waals surface area contributed by atoms with Crippen LogP contribution >= 0.6 is 12.4 Å². The van der Waals surface area contributed by atoms with E-state index in [1.165, 1.54) is 0 Å². The summed E-state index contributed by atoms with van der Waals surface area (Å²) < 4.78 is 5.66. The van der Waals surface area contributed by atoms with E-state index in [1.54, 1.807) is 18.2 Å².